The first-order valence-corrected chi connectivity index (χ1v) is 7.18. The van der Waals surface area contributed by atoms with E-state index in [2.05, 4.69) is 20.8 Å². The number of aromatic nitrogens is 2. The number of pyridine rings is 1. The molecule has 1 aliphatic rings. The van der Waals surface area contributed by atoms with Crippen LogP contribution in [0.25, 0.3) is 0 Å². The third kappa shape index (κ3) is 3.39. The zero-order valence-electron chi connectivity index (χ0n) is 11.9. The van der Waals surface area contributed by atoms with E-state index in [1.807, 2.05) is 6.92 Å². The second kappa shape index (κ2) is 5.95. The maximum atomic E-state index is 12.2. The van der Waals surface area contributed by atoms with Gasteiger partial charge in [-0.2, -0.15) is 0 Å². The number of aryl methyl sites for hydroxylation is 1. The summed E-state index contributed by atoms with van der Waals surface area (Å²) >= 11 is 0. The molecule has 1 saturated carbocycles. The zero-order chi connectivity index (χ0) is 14.7. The van der Waals surface area contributed by atoms with Crippen molar-refractivity contribution in [3.63, 3.8) is 0 Å². The molecule has 0 unspecified atom stereocenters. The molecule has 2 aromatic heterocycles. The van der Waals surface area contributed by atoms with E-state index in [-0.39, 0.29) is 11.9 Å². The Morgan fingerprint density at radius 2 is 2.14 bits per heavy atom. The molecule has 6 heteroatoms. The van der Waals surface area contributed by atoms with Crippen LogP contribution >= 0.6 is 0 Å². The maximum absolute atomic E-state index is 12.2. The number of nitrogens with one attached hydrogen (secondary N) is 2. The summed E-state index contributed by atoms with van der Waals surface area (Å²) < 4.78 is 5.00. The summed E-state index contributed by atoms with van der Waals surface area (Å²) in [4.78, 5) is 16.3. The first kappa shape index (κ1) is 13.6. The normalized spacial score (nSPS) is 15.1. The van der Waals surface area contributed by atoms with Crippen LogP contribution < -0.4 is 10.6 Å². The number of carbonyl (C=O) groups excluding carboxylic acids is 1. The highest BCUT2D eigenvalue weighted by Gasteiger charge is 2.18. The van der Waals surface area contributed by atoms with Crippen molar-refractivity contribution < 1.29 is 9.32 Å². The number of anilines is 2. The maximum Gasteiger partial charge on any atom is 0.270 e. The fourth-order valence-corrected chi connectivity index (χ4v) is 2.54. The summed E-state index contributed by atoms with van der Waals surface area (Å²) in [6.07, 6.45) is 6.10. The van der Waals surface area contributed by atoms with Gasteiger partial charge >= 0.3 is 0 Å². The molecule has 1 amide bonds. The molecule has 3 rings (SSSR count). The van der Waals surface area contributed by atoms with Gasteiger partial charge in [-0.25, -0.2) is 0 Å². The molecule has 0 aliphatic heterocycles. The van der Waals surface area contributed by atoms with E-state index in [1.54, 1.807) is 24.4 Å². The van der Waals surface area contributed by atoms with Crippen molar-refractivity contribution in [2.24, 2.45) is 0 Å². The number of carbonyl (C=O) groups is 1. The standard InChI is InChI=1S/C15H18N4O2/c1-10-8-14(19-21-10)17-12-6-7-16-13(9-12)15(20)18-11-4-2-3-5-11/h6-9,11H,2-5H2,1H3,(H,18,20)(H,16,17,19). The zero-order valence-corrected chi connectivity index (χ0v) is 11.9. The third-order valence-electron chi connectivity index (χ3n) is 3.58. The molecular formula is C15H18N4O2. The molecule has 0 spiro atoms. The van der Waals surface area contributed by atoms with Crippen LogP contribution in [0, 0.1) is 6.92 Å². The summed E-state index contributed by atoms with van der Waals surface area (Å²) in [5.41, 5.74) is 1.17. The van der Waals surface area contributed by atoms with Crippen LogP contribution in [0.15, 0.2) is 28.9 Å². The second-order valence-electron chi connectivity index (χ2n) is 5.33. The minimum atomic E-state index is -0.123. The topological polar surface area (TPSA) is 80.0 Å². The Balaban J connectivity index is 1.68. The summed E-state index contributed by atoms with van der Waals surface area (Å²) in [6.45, 7) is 1.82. The quantitative estimate of drug-likeness (QED) is 0.903. The first-order chi connectivity index (χ1) is 10.2. The molecular weight excluding hydrogens is 268 g/mol. The lowest BCUT2D eigenvalue weighted by molar-refractivity contribution is 0.0933. The molecule has 21 heavy (non-hydrogen) atoms. The molecule has 2 heterocycles. The van der Waals surface area contributed by atoms with E-state index in [0.29, 0.717) is 11.5 Å². The lowest BCUT2D eigenvalue weighted by Crippen LogP contribution is -2.33. The summed E-state index contributed by atoms with van der Waals surface area (Å²) in [5.74, 6) is 1.22. The number of rotatable bonds is 4. The van der Waals surface area contributed by atoms with Crippen molar-refractivity contribution in [3.8, 4) is 0 Å². The van der Waals surface area contributed by atoms with E-state index in [4.69, 9.17) is 4.52 Å². The van der Waals surface area contributed by atoms with Crippen molar-refractivity contribution in [2.45, 2.75) is 38.6 Å². The van der Waals surface area contributed by atoms with Gasteiger partial charge in [-0.3, -0.25) is 9.78 Å². The average molecular weight is 286 g/mol. The number of hydrogen-bond acceptors (Lipinski definition) is 5. The average Bonchev–Trinajstić information content (AvgIpc) is 3.11. The van der Waals surface area contributed by atoms with Crippen molar-refractivity contribution in [1.82, 2.24) is 15.5 Å². The minimum absolute atomic E-state index is 0.123. The lowest BCUT2D eigenvalue weighted by Gasteiger charge is -2.11. The van der Waals surface area contributed by atoms with Gasteiger partial charge in [0, 0.05) is 24.0 Å². The minimum Gasteiger partial charge on any atom is -0.360 e. The van der Waals surface area contributed by atoms with Gasteiger partial charge in [-0.1, -0.05) is 18.0 Å². The Kier molecular flexibility index (Phi) is 3.85. The summed E-state index contributed by atoms with van der Waals surface area (Å²) in [5, 5.41) is 9.98. The van der Waals surface area contributed by atoms with Gasteiger partial charge in [-0.15, -0.1) is 0 Å². The predicted octanol–water partition coefficient (Wildman–Crippen LogP) is 2.79. The Hall–Kier alpha value is -2.37. The van der Waals surface area contributed by atoms with Crippen LogP contribution in [0.5, 0.6) is 0 Å². The van der Waals surface area contributed by atoms with Crippen LogP contribution in [-0.2, 0) is 0 Å². The smallest absolute Gasteiger partial charge is 0.270 e. The molecule has 1 aliphatic carbocycles. The van der Waals surface area contributed by atoms with E-state index in [9.17, 15) is 4.79 Å². The summed E-state index contributed by atoms with van der Waals surface area (Å²) in [6, 6.07) is 5.58. The SMILES string of the molecule is Cc1cc(Nc2ccnc(C(=O)NC3CCCC3)c2)no1. The predicted molar refractivity (Wildman–Crippen MR) is 78.5 cm³/mol. The summed E-state index contributed by atoms with van der Waals surface area (Å²) in [7, 11) is 0. The molecule has 0 aromatic carbocycles. The van der Waals surface area contributed by atoms with Gasteiger partial charge in [-0.05, 0) is 31.9 Å². The van der Waals surface area contributed by atoms with Crippen molar-refractivity contribution >= 4 is 17.4 Å². The number of nitrogens with zero attached hydrogens (tertiary/aromatic N) is 2. The monoisotopic (exact) mass is 286 g/mol. The lowest BCUT2D eigenvalue weighted by atomic mass is 10.2. The highest BCUT2D eigenvalue weighted by Crippen LogP contribution is 2.19. The number of amides is 1. The van der Waals surface area contributed by atoms with Gasteiger partial charge in [0.25, 0.3) is 5.91 Å². The molecule has 110 valence electrons. The van der Waals surface area contributed by atoms with Crippen LogP contribution in [0.1, 0.15) is 41.9 Å². The molecule has 0 bridgehead atoms. The van der Waals surface area contributed by atoms with Gasteiger partial charge in [0.2, 0.25) is 0 Å². The third-order valence-corrected chi connectivity index (χ3v) is 3.58. The highest BCUT2D eigenvalue weighted by molar-refractivity contribution is 5.93. The molecule has 0 radical (unpaired) electrons. The number of hydrogen-bond donors (Lipinski definition) is 2. The fourth-order valence-electron chi connectivity index (χ4n) is 2.54. The van der Waals surface area contributed by atoms with E-state index < -0.39 is 0 Å². The van der Waals surface area contributed by atoms with Crippen LogP contribution in [0.4, 0.5) is 11.5 Å². The van der Waals surface area contributed by atoms with Crippen molar-refractivity contribution in [1.29, 1.82) is 0 Å². The molecule has 0 saturated heterocycles. The van der Waals surface area contributed by atoms with E-state index in [0.717, 1.165) is 24.3 Å². The van der Waals surface area contributed by atoms with Gasteiger partial charge < -0.3 is 15.2 Å². The fraction of sp³-hybridized carbons (Fsp3) is 0.400. The second-order valence-corrected chi connectivity index (χ2v) is 5.33. The molecule has 0 atom stereocenters. The van der Waals surface area contributed by atoms with Gasteiger partial charge in [0.1, 0.15) is 11.5 Å². The van der Waals surface area contributed by atoms with Crippen LogP contribution in [0.3, 0.4) is 0 Å². The van der Waals surface area contributed by atoms with Crippen molar-refractivity contribution in [3.05, 3.63) is 35.9 Å². The van der Waals surface area contributed by atoms with E-state index in [1.165, 1.54) is 12.8 Å². The first-order valence-electron chi connectivity index (χ1n) is 7.18. The molecule has 2 N–H and O–H groups in total. The van der Waals surface area contributed by atoms with Crippen LogP contribution in [-0.4, -0.2) is 22.1 Å². The molecule has 6 nitrogen and oxygen atoms in total. The Bertz CT molecular complexity index is 632. The Morgan fingerprint density at radius 3 is 2.86 bits per heavy atom. The Morgan fingerprint density at radius 1 is 1.33 bits per heavy atom. The van der Waals surface area contributed by atoms with Gasteiger partial charge in [0.15, 0.2) is 5.82 Å². The molecule has 2 aromatic rings. The molecule has 1 fully saturated rings. The largest absolute Gasteiger partial charge is 0.360 e. The van der Waals surface area contributed by atoms with Crippen LogP contribution in [0.2, 0.25) is 0 Å². The Labute approximate surface area is 122 Å². The van der Waals surface area contributed by atoms with E-state index >= 15 is 0 Å². The van der Waals surface area contributed by atoms with Crippen molar-refractivity contribution in [2.75, 3.05) is 5.32 Å². The van der Waals surface area contributed by atoms with Gasteiger partial charge in [0.05, 0.1) is 0 Å². The highest BCUT2D eigenvalue weighted by atomic mass is 16.5.